The molecular weight excluding hydrogens is 388 g/mol. The van der Waals surface area contributed by atoms with Gasteiger partial charge in [-0.1, -0.05) is 75.4 Å². The zero-order valence-corrected chi connectivity index (χ0v) is 19.7. The molecular formula is C26H34N2O3. The first-order valence-electron chi connectivity index (χ1n) is 10.8. The van der Waals surface area contributed by atoms with Crippen molar-refractivity contribution in [3.63, 3.8) is 0 Å². The summed E-state index contributed by atoms with van der Waals surface area (Å²) in [6.07, 6.45) is -0.387. The van der Waals surface area contributed by atoms with Crippen molar-refractivity contribution in [3.05, 3.63) is 60.2 Å². The molecule has 2 aromatic carbocycles. The molecule has 5 nitrogen and oxygen atoms in total. The van der Waals surface area contributed by atoms with Gasteiger partial charge in [0.2, 0.25) is 5.91 Å². The molecule has 0 unspecified atom stereocenters. The minimum atomic E-state index is -0.637. The largest absolute Gasteiger partial charge is 0.444 e. The van der Waals surface area contributed by atoms with Gasteiger partial charge >= 0.3 is 6.09 Å². The number of nitrogens with zero attached hydrogens (tertiary/aromatic N) is 2. The van der Waals surface area contributed by atoms with Crippen LogP contribution in [0.5, 0.6) is 0 Å². The van der Waals surface area contributed by atoms with Crippen LogP contribution in [0.15, 0.2) is 54.6 Å². The molecule has 0 bridgehead atoms. The molecule has 2 amide bonds. The van der Waals surface area contributed by atoms with Crippen LogP contribution in [0.1, 0.15) is 47.1 Å². The van der Waals surface area contributed by atoms with Crippen molar-refractivity contribution in [2.75, 3.05) is 7.05 Å². The molecule has 2 atom stereocenters. The summed E-state index contributed by atoms with van der Waals surface area (Å²) >= 11 is 0. The van der Waals surface area contributed by atoms with E-state index in [2.05, 4.69) is 24.3 Å². The molecule has 3 rings (SSSR count). The Balaban J connectivity index is 1.96. The van der Waals surface area contributed by atoms with Crippen LogP contribution in [0, 0.1) is 5.41 Å². The van der Waals surface area contributed by atoms with E-state index in [-0.39, 0.29) is 17.5 Å². The van der Waals surface area contributed by atoms with Gasteiger partial charge in [-0.2, -0.15) is 0 Å². The SMILES string of the molecule is CN1C(=O)[C@H](Cc2cccc(-c3ccccc3)c2)N(C(=O)OC(C)(C)C)[C@H]1C(C)(C)C. The van der Waals surface area contributed by atoms with Gasteiger partial charge in [-0.15, -0.1) is 0 Å². The number of rotatable bonds is 3. The van der Waals surface area contributed by atoms with Gasteiger partial charge in [-0.25, -0.2) is 4.79 Å². The molecule has 31 heavy (non-hydrogen) atoms. The summed E-state index contributed by atoms with van der Waals surface area (Å²) in [6.45, 7) is 11.6. The normalized spacial score (nSPS) is 19.6. The summed E-state index contributed by atoms with van der Waals surface area (Å²) < 4.78 is 5.71. The summed E-state index contributed by atoms with van der Waals surface area (Å²) in [5, 5.41) is 0. The predicted octanol–water partition coefficient (Wildman–Crippen LogP) is 5.35. The summed E-state index contributed by atoms with van der Waals surface area (Å²) in [6, 6.07) is 17.7. The molecule has 1 fully saturated rings. The third-order valence-electron chi connectivity index (χ3n) is 5.44. The molecule has 0 saturated carbocycles. The van der Waals surface area contributed by atoms with Gasteiger partial charge in [-0.3, -0.25) is 9.69 Å². The first-order valence-corrected chi connectivity index (χ1v) is 10.8. The van der Waals surface area contributed by atoms with Gasteiger partial charge in [-0.05, 0) is 37.5 Å². The summed E-state index contributed by atoms with van der Waals surface area (Å²) in [5.41, 5.74) is 2.27. The topological polar surface area (TPSA) is 49.9 Å². The molecule has 0 N–H and O–H groups in total. The number of amides is 2. The lowest BCUT2D eigenvalue weighted by molar-refractivity contribution is -0.129. The first kappa shape index (κ1) is 22.9. The average Bonchev–Trinajstić information content (AvgIpc) is 2.93. The predicted molar refractivity (Wildman–Crippen MR) is 123 cm³/mol. The van der Waals surface area contributed by atoms with E-state index in [1.54, 1.807) is 16.8 Å². The quantitative estimate of drug-likeness (QED) is 0.670. The third-order valence-corrected chi connectivity index (χ3v) is 5.44. The zero-order chi connectivity index (χ0) is 23.0. The van der Waals surface area contributed by atoms with E-state index in [1.807, 2.05) is 71.9 Å². The number of carbonyl (C=O) groups is 2. The highest BCUT2D eigenvalue weighted by Gasteiger charge is 2.52. The maximum atomic E-state index is 13.3. The monoisotopic (exact) mass is 422 g/mol. The Bertz CT molecular complexity index is 941. The van der Waals surface area contributed by atoms with Crippen molar-refractivity contribution in [2.45, 2.75) is 65.8 Å². The van der Waals surface area contributed by atoms with Crippen LogP contribution in [-0.2, 0) is 16.0 Å². The molecule has 0 radical (unpaired) electrons. The smallest absolute Gasteiger partial charge is 0.412 e. The highest BCUT2D eigenvalue weighted by molar-refractivity contribution is 5.89. The Kier molecular flexibility index (Phi) is 6.17. The van der Waals surface area contributed by atoms with Gasteiger partial charge in [0.15, 0.2) is 0 Å². The van der Waals surface area contributed by atoms with Crippen molar-refractivity contribution in [3.8, 4) is 11.1 Å². The molecule has 0 aromatic heterocycles. The highest BCUT2D eigenvalue weighted by Crippen LogP contribution is 2.36. The number of carbonyl (C=O) groups excluding carboxylic acids is 2. The van der Waals surface area contributed by atoms with Crippen LogP contribution in [0.3, 0.4) is 0 Å². The molecule has 0 aliphatic carbocycles. The van der Waals surface area contributed by atoms with Gasteiger partial charge in [0.25, 0.3) is 0 Å². The minimum absolute atomic E-state index is 0.0594. The molecule has 166 valence electrons. The van der Waals surface area contributed by atoms with E-state index in [0.717, 1.165) is 16.7 Å². The number of hydrogen-bond donors (Lipinski definition) is 0. The van der Waals surface area contributed by atoms with Gasteiger partial charge in [0.05, 0.1) is 0 Å². The van der Waals surface area contributed by atoms with Crippen LogP contribution in [0.4, 0.5) is 4.79 Å². The van der Waals surface area contributed by atoms with Gasteiger partial charge in [0.1, 0.15) is 17.8 Å². The standard InChI is InChI=1S/C26H34N2O3/c1-25(2,3)23-27(7)22(29)21(28(23)24(30)31-26(4,5)6)17-18-12-11-15-20(16-18)19-13-9-8-10-14-19/h8-16,21,23H,17H2,1-7H3/t21-,23-/m0/s1. The van der Waals surface area contributed by atoms with E-state index < -0.39 is 17.7 Å². The van der Waals surface area contributed by atoms with Crippen molar-refractivity contribution >= 4 is 12.0 Å². The fraction of sp³-hybridized carbons (Fsp3) is 0.462. The van der Waals surface area contributed by atoms with Crippen molar-refractivity contribution < 1.29 is 14.3 Å². The van der Waals surface area contributed by atoms with E-state index in [4.69, 9.17) is 4.74 Å². The Labute approximate surface area is 186 Å². The van der Waals surface area contributed by atoms with Crippen molar-refractivity contribution in [1.29, 1.82) is 0 Å². The number of ether oxygens (including phenoxy) is 1. The second kappa shape index (κ2) is 8.37. The first-order chi connectivity index (χ1) is 14.4. The highest BCUT2D eigenvalue weighted by atomic mass is 16.6. The van der Waals surface area contributed by atoms with Crippen LogP contribution in [-0.4, -0.2) is 46.7 Å². The van der Waals surface area contributed by atoms with Crippen LogP contribution in [0.25, 0.3) is 11.1 Å². The second-order valence-corrected chi connectivity index (χ2v) is 10.4. The van der Waals surface area contributed by atoms with Crippen LogP contribution < -0.4 is 0 Å². The third kappa shape index (κ3) is 5.09. The lowest BCUT2D eigenvalue weighted by Gasteiger charge is -2.39. The molecule has 2 aromatic rings. The van der Waals surface area contributed by atoms with Crippen LogP contribution >= 0.6 is 0 Å². The molecule has 5 heteroatoms. The van der Waals surface area contributed by atoms with Crippen molar-refractivity contribution in [2.24, 2.45) is 5.41 Å². The van der Waals surface area contributed by atoms with Crippen LogP contribution in [0.2, 0.25) is 0 Å². The number of hydrogen-bond acceptors (Lipinski definition) is 3. The Morgan fingerprint density at radius 3 is 2.13 bits per heavy atom. The fourth-order valence-corrected chi connectivity index (χ4v) is 4.29. The molecule has 1 saturated heterocycles. The Morgan fingerprint density at radius 2 is 1.55 bits per heavy atom. The van der Waals surface area contributed by atoms with Gasteiger partial charge in [0, 0.05) is 18.9 Å². The van der Waals surface area contributed by atoms with E-state index in [0.29, 0.717) is 6.42 Å². The summed E-state index contributed by atoms with van der Waals surface area (Å²) in [4.78, 5) is 29.8. The summed E-state index contributed by atoms with van der Waals surface area (Å²) in [7, 11) is 1.77. The lowest BCUT2D eigenvalue weighted by atomic mass is 9.91. The maximum Gasteiger partial charge on any atom is 0.412 e. The Hall–Kier alpha value is -2.82. The average molecular weight is 423 g/mol. The molecule has 1 heterocycles. The minimum Gasteiger partial charge on any atom is -0.444 e. The second-order valence-electron chi connectivity index (χ2n) is 10.4. The number of benzene rings is 2. The van der Waals surface area contributed by atoms with E-state index >= 15 is 0 Å². The zero-order valence-electron chi connectivity index (χ0n) is 19.7. The fourth-order valence-electron chi connectivity index (χ4n) is 4.29. The maximum absolute atomic E-state index is 13.3. The Morgan fingerprint density at radius 1 is 0.935 bits per heavy atom. The summed E-state index contributed by atoms with van der Waals surface area (Å²) in [5.74, 6) is -0.0594. The van der Waals surface area contributed by atoms with Crippen molar-refractivity contribution in [1.82, 2.24) is 9.80 Å². The van der Waals surface area contributed by atoms with Gasteiger partial charge < -0.3 is 9.64 Å². The van der Waals surface area contributed by atoms with E-state index in [1.165, 1.54) is 0 Å². The van der Waals surface area contributed by atoms with E-state index in [9.17, 15) is 9.59 Å². The molecule has 0 spiro atoms. The number of likely N-dealkylation sites (N-methyl/N-ethyl adjacent to an activating group) is 1. The lowest BCUT2D eigenvalue weighted by Crippen LogP contribution is -2.52. The molecule has 1 aliphatic heterocycles. The molecule has 1 aliphatic rings.